The largest absolute Gasteiger partial charge is 0.381 e. The number of aromatic nitrogens is 1. The maximum atomic E-state index is 13.0. The number of sulfonamides is 1. The first kappa shape index (κ1) is 25.4. The van der Waals surface area contributed by atoms with Crippen LogP contribution in [0.15, 0.2) is 35.4 Å². The van der Waals surface area contributed by atoms with Crippen LogP contribution in [0.25, 0.3) is 0 Å². The maximum absolute atomic E-state index is 13.0. The lowest BCUT2D eigenvalue weighted by molar-refractivity contribution is -0.119. The van der Waals surface area contributed by atoms with Gasteiger partial charge in [0, 0.05) is 44.6 Å². The Morgan fingerprint density at radius 3 is 2.60 bits per heavy atom. The number of nitrogens with two attached hydrogens (primary N) is 1. The lowest BCUT2D eigenvalue weighted by Crippen LogP contribution is -2.55. The molecule has 2 aliphatic rings. The molecule has 1 aromatic carbocycles. The number of pyridine rings is 1. The van der Waals surface area contributed by atoms with E-state index in [1.807, 2.05) is 38.1 Å². The molecule has 3 N–H and O–H groups in total. The molecule has 35 heavy (non-hydrogen) atoms. The Morgan fingerprint density at radius 2 is 1.94 bits per heavy atom. The number of hydrogen-bond donors (Lipinski definition) is 2. The predicted molar refractivity (Wildman–Crippen MR) is 137 cm³/mol. The highest BCUT2D eigenvalue weighted by Gasteiger charge is 2.38. The minimum atomic E-state index is -3.90. The summed E-state index contributed by atoms with van der Waals surface area (Å²) in [6.07, 6.45) is 3.88. The van der Waals surface area contributed by atoms with Gasteiger partial charge in [0.25, 0.3) is 0 Å². The van der Waals surface area contributed by atoms with E-state index in [0.717, 1.165) is 24.2 Å². The fraction of sp³-hybridized carbons (Fsp3) is 0.500. The zero-order chi connectivity index (χ0) is 25.3. The van der Waals surface area contributed by atoms with E-state index in [2.05, 4.69) is 15.2 Å². The first-order valence-corrected chi connectivity index (χ1v) is 13.3. The van der Waals surface area contributed by atoms with E-state index in [1.165, 1.54) is 6.07 Å². The standard InChI is InChI=1S/C24H34N6O4S/c1-16-24(31)29(4)21-15-26-23(14-20(21)30(16)17-9-12-34-13-10-17)27-19-6-5-7-22(35(25,32)33)18(19)8-11-28(2)3/h5-7,14-17H,8-13H2,1-4H3,(H,26,27)(H2,25,32,33). The Labute approximate surface area is 207 Å². The first-order valence-electron chi connectivity index (χ1n) is 11.8. The van der Waals surface area contributed by atoms with E-state index >= 15 is 0 Å². The third-order valence-corrected chi connectivity index (χ3v) is 7.70. The van der Waals surface area contributed by atoms with Crippen LogP contribution in [-0.2, 0) is 26.0 Å². The minimum absolute atomic E-state index is 0.0262. The van der Waals surface area contributed by atoms with Gasteiger partial charge in [-0.3, -0.25) is 4.79 Å². The normalized spacial score (nSPS) is 19.3. The third kappa shape index (κ3) is 5.27. The second kappa shape index (κ2) is 10.1. The highest BCUT2D eigenvalue weighted by molar-refractivity contribution is 7.89. The smallest absolute Gasteiger partial charge is 0.249 e. The van der Waals surface area contributed by atoms with Crippen molar-refractivity contribution in [3.8, 4) is 0 Å². The molecule has 4 rings (SSSR count). The monoisotopic (exact) mass is 502 g/mol. The van der Waals surface area contributed by atoms with Crippen molar-refractivity contribution in [1.82, 2.24) is 9.88 Å². The van der Waals surface area contributed by atoms with Gasteiger partial charge in [0.2, 0.25) is 15.9 Å². The molecule has 0 bridgehead atoms. The van der Waals surface area contributed by atoms with Gasteiger partial charge >= 0.3 is 0 Å². The number of fused-ring (bicyclic) bond motifs is 1. The second-order valence-corrected chi connectivity index (χ2v) is 10.9. The van der Waals surface area contributed by atoms with Crippen molar-refractivity contribution in [3.63, 3.8) is 0 Å². The summed E-state index contributed by atoms with van der Waals surface area (Å²) >= 11 is 0. The summed E-state index contributed by atoms with van der Waals surface area (Å²) in [6.45, 7) is 3.92. The predicted octanol–water partition coefficient (Wildman–Crippen LogP) is 1.93. The van der Waals surface area contributed by atoms with Crippen LogP contribution in [-0.4, -0.2) is 77.2 Å². The van der Waals surface area contributed by atoms with Gasteiger partial charge in [-0.05, 0) is 58.0 Å². The molecule has 0 aliphatic carbocycles. The number of nitrogens with one attached hydrogen (secondary N) is 1. The second-order valence-electron chi connectivity index (χ2n) is 9.39. The van der Waals surface area contributed by atoms with Crippen molar-refractivity contribution in [1.29, 1.82) is 0 Å². The Kier molecular flexibility index (Phi) is 7.32. The van der Waals surface area contributed by atoms with Crippen LogP contribution in [0.2, 0.25) is 0 Å². The summed E-state index contributed by atoms with van der Waals surface area (Å²) in [5.41, 5.74) is 2.92. The van der Waals surface area contributed by atoms with E-state index in [0.29, 0.717) is 43.2 Å². The number of carbonyl (C=O) groups excluding carboxylic acids is 1. The molecule has 2 aliphatic heterocycles. The topological polar surface area (TPSA) is 121 Å². The molecule has 1 amide bonds. The molecule has 11 heteroatoms. The van der Waals surface area contributed by atoms with E-state index in [1.54, 1.807) is 24.2 Å². The molecule has 190 valence electrons. The summed E-state index contributed by atoms with van der Waals surface area (Å²) in [5.74, 6) is 0.590. The zero-order valence-corrected chi connectivity index (χ0v) is 21.5. The number of benzene rings is 1. The molecule has 2 aromatic rings. The molecule has 0 spiro atoms. The van der Waals surface area contributed by atoms with Gasteiger partial charge in [0.15, 0.2) is 0 Å². The number of amides is 1. The van der Waals surface area contributed by atoms with Crippen LogP contribution in [0, 0.1) is 0 Å². The number of hydrogen-bond acceptors (Lipinski definition) is 8. The van der Waals surface area contributed by atoms with E-state index in [-0.39, 0.29) is 22.9 Å². The number of likely N-dealkylation sites (N-methyl/N-ethyl adjacent to an activating group) is 2. The molecule has 0 radical (unpaired) electrons. The minimum Gasteiger partial charge on any atom is -0.381 e. The Hall–Kier alpha value is -2.73. The zero-order valence-electron chi connectivity index (χ0n) is 20.7. The lowest BCUT2D eigenvalue weighted by atomic mass is 10.00. The van der Waals surface area contributed by atoms with Gasteiger partial charge in [0.05, 0.1) is 22.5 Å². The van der Waals surface area contributed by atoms with Gasteiger partial charge in [-0.15, -0.1) is 0 Å². The number of primary sulfonamides is 1. The molecule has 1 atom stereocenters. The Bertz CT molecular complexity index is 1200. The molecule has 3 heterocycles. The molecule has 1 saturated heterocycles. The summed E-state index contributed by atoms with van der Waals surface area (Å²) in [7, 11) is 1.73. The van der Waals surface area contributed by atoms with Crippen molar-refractivity contribution in [2.24, 2.45) is 5.14 Å². The third-order valence-electron chi connectivity index (χ3n) is 6.70. The van der Waals surface area contributed by atoms with Gasteiger partial charge in [0.1, 0.15) is 11.9 Å². The summed E-state index contributed by atoms with van der Waals surface area (Å²) < 4.78 is 30.1. The molecular formula is C24H34N6O4S. The summed E-state index contributed by atoms with van der Waals surface area (Å²) in [5, 5.41) is 8.84. The number of carbonyl (C=O) groups is 1. The highest BCUT2D eigenvalue weighted by atomic mass is 32.2. The molecule has 1 unspecified atom stereocenters. The van der Waals surface area contributed by atoms with Crippen molar-refractivity contribution >= 4 is 38.8 Å². The van der Waals surface area contributed by atoms with Gasteiger partial charge in [-0.25, -0.2) is 18.5 Å². The van der Waals surface area contributed by atoms with Crippen molar-refractivity contribution in [2.75, 3.05) is 56.0 Å². The van der Waals surface area contributed by atoms with Crippen LogP contribution < -0.4 is 20.3 Å². The Balaban J connectivity index is 1.74. The molecule has 10 nitrogen and oxygen atoms in total. The van der Waals surface area contributed by atoms with Gasteiger partial charge in [-0.2, -0.15) is 0 Å². The lowest BCUT2D eigenvalue weighted by Gasteiger charge is -2.45. The van der Waals surface area contributed by atoms with E-state index < -0.39 is 10.0 Å². The van der Waals surface area contributed by atoms with Crippen molar-refractivity contribution in [2.45, 2.75) is 43.2 Å². The summed E-state index contributed by atoms with van der Waals surface area (Å²) in [4.78, 5) is 23.4. The van der Waals surface area contributed by atoms with Crippen LogP contribution in [0.3, 0.4) is 0 Å². The average Bonchev–Trinajstić information content (AvgIpc) is 2.82. The maximum Gasteiger partial charge on any atom is 0.249 e. The van der Waals surface area contributed by atoms with Crippen LogP contribution in [0.1, 0.15) is 25.3 Å². The average molecular weight is 503 g/mol. The highest BCUT2D eigenvalue weighted by Crippen LogP contribution is 2.40. The fourth-order valence-corrected chi connectivity index (χ4v) is 5.68. The van der Waals surface area contributed by atoms with Crippen LogP contribution in [0.4, 0.5) is 22.9 Å². The fourth-order valence-electron chi connectivity index (χ4n) is 4.85. The number of rotatable bonds is 7. The first-order chi connectivity index (χ1) is 16.6. The molecule has 1 aromatic heterocycles. The van der Waals surface area contributed by atoms with Gasteiger partial charge < -0.3 is 24.8 Å². The molecular weight excluding hydrogens is 468 g/mol. The number of anilines is 4. The van der Waals surface area contributed by atoms with Crippen molar-refractivity contribution in [3.05, 3.63) is 36.0 Å². The molecule has 0 saturated carbocycles. The Morgan fingerprint density at radius 1 is 1.23 bits per heavy atom. The van der Waals surface area contributed by atoms with E-state index in [9.17, 15) is 13.2 Å². The number of ether oxygens (including phenoxy) is 1. The molecule has 1 fully saturated rings. The van der Waals surface area contributed by atoms with Crippen molar-refractivity contribution < 1.29 is 17.9 Å². The van der Waals surface area contributed by atoms with E-state index in [4.69, 9.17) is 9.88 Å². The van der Waals surface area contributed by atoms with Crippen LogP contribution in [0.5, 0.6) is 0 Å². The SMILES string of the molecule is CC1C(=O)N(C)c2cnc(Nc3cccc(S(N)(=O)=O)c3CCN(C)C)cc2N1C1CCOCC1. The van der Waals surface area contributed by atoms with Gasteiger partial charge in [-0.1, -0.05) is 6.07 Å². The van der Waals surface area contributed by atoms with Crippen LogP contribution >= 0.6 is 0 Å². The number of nitrogens with zero attached hydrogens (tertiary/aromatic N) is 4. The summed E-state index contributed by atoms with van der Waals surface area (Å²) in [6, 6.07) is 6.83. The quantitative estimate of drug-likeness (QED) is 0.589.